The van der Waals surface area contributed by atoms with Crippen LogP contribution in [0.1, 0.15) is 12.0 Å². The monoisotopic (exact) mass is 262 g/mol. The van der Waals surface area contributed by atoms with E-state index in [1.165, 1.54) is 0 Å². The van der Waals surface area contributed by atoms with E-state index < -0.39 is 0 Å². The van der Waals surface area contributed by atoms with Crippen LogP contribution < -0.4 is 10.6 Å². The van der Waals surface area contributed by atoms with Crippen LogP contribution in [0.2, 0.25) is 0 Å². The summed E-state index contributed by atoms with van der Waals surface area (Å²) in [5.74, 6) is 0.0700. The maximum Gasteiger partial charge on any atom is 0.124 e. The highest BCUT2D eigenvalue weighted by Gasteiger charge is 2.32. The summed E-state index contributed by atoms with van der Waals surface area (Å²) in [6, 6.07) is 7.91. The minimum Gasteiger partial charge on any atom is -0.391 e. The number of likely N-dealkylation sites (N-methyl/N-ethyl adjacent to an activating group) is 1. The largest absolute Gasteiger partial charge is 0.391 e. The van der Waals surface area contributed by atoms with Gasteiger partial charge in [0.2, 0.25) is 0 Å². The van der Waals surface area contributed by atoms with E-state index in [4.69, 9.17) is 11.1 Å². The predicted molar refractivity (Wildman–Crippen MR) is 77.8 cm³/mol. The van der Waals surface area contributed by atoms with Gasteiger partial charge in [0.15, 0.2) is 0 Å². The molecule has 1 aliphatic rings. The molecule has 104 valence electrons. The summed E-state index contributed by atoms with van der Waals surface area (Å²) < 4.78 is 0. The Morgan fingerprint density at radius 2 is 2.16 bits per heavy atom. The number of anilines is 1. The summed E-state index contributed by atoms with van der Waals surface area (Å²) in [5, 5.41) is 17.6. The number of hydrogen-bond donors (Lipinski definition) is 3. The smallest absolute Gasteiger partial charge is 0.124 e. The molecule has 2 rings (SSSR count). The van der Waals surface area contributed by atoms with Crippen molar-refractivity contribution in [1.29, 1.82) is 5.41 Å². The highest BCUT2D eigenvalue weighted by Crippen LogP contribution is 2.29. The zero-order chi connectivity index (χ0) is 14.0. The topological polar surface area (TPSA) is 76.6 Å². The third-order valence-electron chi connectivity index (χ3n) is 3.47. The summed E-state index contributed by atoms with van der Waals surface area (Å²) in [6.45, 7) is 1.48. The number of nitrogens with zero attached hydrogens (tertiary/aromatic N) is 2. The van der Waals surface area contributed by atoms with Crippen molar-refractivity contribution in [1.82, 2.24) is 4.90 Å². The fraction of sp³-hybridized carbons (Fsp3) is 0.500. The molecule has 0 radical (unpaired) electrons. The lowest BCUT2D eigenvalue weighted by Gasteiger charge is -2.30. The van der Waals surface area contributed by atoms with E-state index in [-0.39, 0.29) is 18.0 Å². The normalized spacial score (nSPS) is 23.1. The highest BCUT2D eigenvalue weighted by molar-refractivity contribution is 6.00. The van der Waals surface area contributed by atoms with Gasteiger partial charge in [-0.25, -0.2) is 0 Å². The number of rotatable bonds is 4. The van der Waals surface area contributed by atoms with Gasteiger partial charge in [0.05, 0.1) is 6.10 Å². The van der Waals surface area contributed by atoms with Crippen LogP contribution in [-0.4, -0.2) is 55.2 Å². The molecule has 1 fully saturated rings. The summed E-state index contributed by atoms with van der Waals surface area (Å²) in [6.07, 6.45) is 0.440. The van der Waals surface area contributed by atoms with E-state index in [0.29, 0.717) is 6.54 Å². The first kappa shape index (κ1) is 13.8. The van der Waals surface area contributed by atoms with Crippen LogP contribution in [0.3, 0.4) is 0 Å². The molecule has 2 atom stereocenters. The van der Waals surface area contributed by atoms with E-state index in [9.17, 15) is 5.11 Å². The molecule has 0 saturated carbocycles. The van der Waals surface area contributed by atoms with E-state index in [2.05, 4.69) is 9.80 Å². The van der Waals surface area contributed by atoms with Gasteiger partial charge in [0, 0.05) is 30.4 Å². The number of nitrogens with two attached hydrogens (primary N) is 1. The van der Waals surface area contributed by atoms with Gasteiger partial charge in [-0.15, -0.1) is 0 Å². The third kappa shape index (κ3) is 3.05. The molecule has 0 amide bonds. The van der Waals surface area contributed by atoms with Gasteiger partial charge in [-0.3, -0.25) is 5.41 Å². The quantitative estimate of drug-likeness (QED) is 0.544. The molecule has 19 heavy (non-hydrogen) atoms. The van der Waals surface area contributed by atoms with Crippen LogP contribution in [0.4, 0.5) is 5.69 Å². The molecular formula is C14H22N4O. The lowest BCUT2D eigenvalue weighted by atomic mass is 10.1. The van der Waals surface area contributed by atoms with Crippen LogP contribution in [0.15, 0.2) is 24.3 Å². The second-order valence-corrected chi connectivity index (χ2v) is 5.39. The van der Waals surface area contributed by atoms with Gasteiger partial charge in [0.1, 0.15) is 5.84 Å². The Morgan fingerprint density at radius 1 is 1.47 bits per heavy atom. The molecule has 2 unspecified atom stereocenters. The minimum atomic E-state index is -0.315. The molecule has 0 spiro atoms. The molecule has 1 aliphatic heterocycles. The Morgan fingerprint density at radius 3 is 2.79 bits per heavy atom. The molecule has 0 bridgehead atoms. The van der Waals surface area contributed by atoms with Crippen LogP contribution in [0.5, 0.6) is 0 Å². The first-order chi connectivity index (χ1) is 8.99. The van der Waals surface area contributed by atoms with Crippen LogP contribution in [-0.2, 0) is 0 Å². The zero-order valence-electron chi connectivity index (χ0n) is 11.5. The first-order valence-corrected chi connectivity index (χ1v) is 6.52. The van der Waals surface area contributed by atoms with Crippen LogP contribution in [0, 0.1) is 5.41 Å². The highest BCUT2D eigenvalue weighted by atomic mass is 16.3. The summed E-state index contributed by atoms with van der Waals surface area (Å²) >= 11 is 0. The Balaban J connectivity index is 2.31. The third-order valence-corrected chi connectivity index (χ3v) is 3.47. The van der Waals surface area contributed by atoms with E-state index in [1.54, 1.807) is 0 Å². The number of benzene rings is 1. The molecule has 1 aromatic carbocycles. The maximum atomic E-state index is 9.93. The van der Waals surface area contributed by atoms with Crippen molar-refractivity contribution in [2.75, 3.05) is 32.1 Å². The summed E-state index contributed by atoms with van der Waals surface area (Å²) in [4.78, 5) is 4.29. The van der Waals surface area contributed by atoms with Gasteiger partial charge < -0.3 is 20.6 Å². The molecule has 5 heteroatoms. The molecule has 0 aromatic heterocycles. The zero-order valence-corrected chi connectivity index (χ0v) is 11.5. The predicted octanol–water partition coefficient (Wildman–Crippen LogP) is 0.472. The second kappa shape index (κ2) is 5.59. The number of hydrogen-bond acceptors (Lipinski definition) is 4. The van der Waals surface area contributed by atoms with E-state index in [0.717, 1.165) is 24.2 Å². The molecule has 1 saturated heterocycles. The number of nitrogens with one attached hydrogen (secondary N) is 1. The Hall–Kier alpha value is -1.59. The number of aliphatic hydroxyl groups is 1. The average molecular weight is 262 g/mol. The SMILES string of the molecule is CN(C)CC1CC(O)CN1c1ccccc1C(=N)N. The summed E-state index contributed by atoms with van der Waals surface area (Å²) in [7, 11) is 4.06. The number of β-amino-alcohol motifs (C(OH)–C–C–N with tert-alkyl or cyclic N) is 1. The minimum absolute atomic E-state index is 0.0700. The van der Waals surface area contributed by atoms with E-state index in [1.807, 2.05) is 38.4 Å². The lowest BCUT2D eigenvalue weighted by molar-refractivity contribution is 0.191. The Kier molecular flexibility index (Phi) is 4.07. The molecule has 5 nitrogen and oxygen atoms in total. The Bertz CT molecular complexity index is 461. The second-order valence-electron chi connectivity index (χ2n) is 5.39. The fourth-order valence-electron chi connectivity index (χ4n) is 2.73. The van der Waals surface area contributed by atoms with Crippen molar-refractivity contribution in [3.63, 3.8) is 0 Å². The average Bonchev–Trinajstić information content (AvgIpc) is 2.69. The molecule has 4 N–H and O–H groups in total. The fourth-order valence-corrected chi connectivity index (χ4v) is 2.73. The van der Waals surface area contributed by atoms with Crippen molar-refractivity contribution in [3.05, 3.63) is 29.8 Å². The number of amidine groups is 1. The lowest BCUT2D eigenvalue weighted by Crippen LogP contribution is -2.38. The molecular weight excluding hydrogens is 240 g/mol. The van der Waals surface area contributed by atoms with Gasteiger partial charge >= 0.3 is 0 Å². The van der Waals surface area contributed by atoms with E-state index >= 15 is 0 Å². The van der Waals surface area contributed by atoms with Crippen molar-refractivity contribution < 1.29 is 5.11 Å². The van der Waals surface area contributed by atoms with Crippen LogP contribution >= 0.6 is 0 Å². The van der Waals surface area contributed by atoms with Gasteiger partial charge in [0.25, 0.3) is 0 Å². The van der Waals surface area contributed by atoms with Crippen molar-refractivity contribution in [3.8, 4) is 0 Å². The van der Waals surface area contributed by atoms with Crippen molar-refractivity contribution in [2.45, 2.75) is 18.6 Å². The van der Waals surface area contributed by atoms with Gasteiger partial charge in [-0.1, -0.05) is 12.1 Å². The molecule has 1 heterocycles. The van der Waals surface area contributed by atoms with Crippen LogP contribution in [0.25, 0.3) is 0 Å². The molecule has 1 aromatic rings. The number of para-hydroxylation sites is 1. The van der Waals surface area contributed by atoms with Crippen molar-refractivity contribution in [2.24, 2.45) is 5.73 Å². The number of nitrogen functional groups attached to an aromatic ring is 1. The molecule has 0 aliphatic carbocycles. The van der Waals surface area contributed by atoms with Crippen molar-refractivity contribution >= 4 is 11.5 Å². The van der Waals surface area contributed by atoms with Gasteiger partial charge in [-0.2, -0.15) is 0 Å². The maximum absolute atomic E-state index is 9.93. The first-order valence-electron chi connectivity index (χ1n) is 6.52. The Labute approximate surface area is 114 Å². The summed E-state index contributed by atoms with van der Waals surface area (Å²) in [5.41, 5.74) is 7.33. The standard InChI is InChI=1S/C14H22N4O/c1-17(2)8-10-7-11(19)9-18(10)13-6-4-3-5-12(13)14(15)16/h3-6,10-11,19H,7-9H2,1-2H3,(H3,15,16). The van der Waals surface area contributed by atoms with Gasteiger partial charge in [-0.05, 0) is 32.6 Å². The number of aliphatic hydroxyl groups excluding tert-OH is 1.